The predicted molar refractivity (Wildman–Crippen MR) is 59.1 cm³/mol. The van der Waals surface area contributed by atoms with Gasteiger partial charge in [-0.2, -0.15) is 11.8 Å². The van der Waals surface area contributed by atoms with E-state index >= 15 is 0 Å². The van der Waals surface area contributed by atoms with E-state index in [4.69, 9.17) is 0 Å². The first-order valence-electron chi connectivity index (χ1n) is 5.00. The average molecular weight is 221 g/mol. The zero-order valence-electron chi connectivity index (χ0n) is 8.13. The Balaban J connectivity index is 2.15. The summed E-state index contributed by atoms with van der Waals surface area (Å²) in [6.45, 7) is 0. The maximum Gasteiger partial charge on any atom is 0.203 e. The SMILES string of the molecule is Oc1cccn2c(C3CCCS3)nnc12. The molecule has 0 bridgehead atoms. The lowest BCUT2D eigenvalue weighted by Crippen LogP contribution is -1.97. The molecule has 2 aromatic rings. The molecule has 1 N–H and O–H groups in total. The van der Waals surface area contributed by atoms with Crippen molar-refractivity contribution in [2.45, 2.75) is 18.1 Å². The molecule has 4 nitrogen and oxygen atoms in total. The van der Waals surface area contributed by atoms with Crippen LogP contribution in [-0.2, 0) is 0 Å². The van der Waals surface area contributed by atoms with Crippen LogP contribution in [0.15, 0.2) is 18.3 Å². The summed E-state index contributed by atoms with van der Waals surface area (Å²) in [5, 5.41) is 18.2. The lowest BCUT2D eigenvalue weighted by molar-refractivity contribution is 0.477. The van der Waals surface area contributed by atoms with Crippen LogP contribution >= 0.6 is 11.8 Å². The first kappa shape index (κ1) is 9.03. The monoisotopic (exact) mass is 221 g/mol. The van der Waals surface area contributed by atoms with Gasteiger partial charge in [0.25, 0.3) is 0 Å². The molecule has 0 aromatic carbocycles. The fraction of sp³-hybridized carbons (Fsp3) is 0.400. The van der Waals surface area contributed by atoms with Gasteiger partial charge in [-0.05, 0) is 30.7 Å². The maximum atomic E-state index is 9.60. The standard InChI is InChI=1S/C10H11N3OS/c14-7-3-1-5-13-9(7)11-12-10(13)8-4-2-6-15-8/h1,3,5,8,14H,2,4,6H2. The third-order valence-corrected chi connectivity index (χ3v) is 4.03. The highest BCUT2D eigenvalue weighted by molar-refractivity contribution is 7.99. The second-order valence-electron chi connectivity index (χ2n) is 3.65. The zero-order chi connectivity index (χ0) is 10.3. The summed E-state index contributed by atoms with van der Waals surface area (Å²) in [7, 11) is 0. The highest BCUT2D eigenvalue weighted by Crippen LogP contribution is 2.39. The molecule has 0 spiro atoms. The Morgan fingerprint density at radius 3 is 3.20 bits per heavy atom. The van der Waals surface area contributed by atoms with Gasteiger partial charge in [-0.3, -0.25) is 4.40 Å². The van der Waals surface area contributed by atoms with Gasteiger partial charge < -0.3 is 5.11 Å². The van der Waals surface area contributed by atoms with Crippen molar-refractivity contribution in [3.05, 3.63) is 24.2 Å². The van der Waals surface area contributed by atoms with E-state index in [-0.39, 0.29) is 5.75 Å². The highest BCUT2D eigenvalue weighted by Gasteiger charge is 2.23. The van der Waals surface area contributed by atoms with Crippen LogP contribution in [0.4, 0.5) is 0 Å². The first-order chi connectivity index (χ1) is 7.36. The van der Waals surface area contributed by atoms with Crippen LogP contribution in [-0.4, -0.2) is 25.5 Å². The minimum Gasteiger partial charge on any atom is -0.504 e. The Morgan fingerprint density at radius 1 is 1.47 bits per heavy atom. The number of hydrogen-bond donors (Lipinski definition) is 1. The Kier molecular flexibility index (Phi) is 2.05. The van der Waals surface area contributed by atoms with Crippen LogP contribution in [0.3, 0.4) is 0 Å². The van der Waals surface area contributed by atoms with Crippen LogP contribution in [0.25, 0.3) is 5.65 Å². The van der Waals surface area contributed by atoms with E-state index in [1.165, 1.54) is 12.2 Å². The number of nitrogens with zero attached hydrogens (tertiary/aromatic N) is 3. The van der Waals surface area contributed by atoms with E-state index in [1.54, 1.807) is 6.07 Å². The molecule has 1 aliphatic rings. The molecular weight excluding hydrogens is 210 g/mol. The quantitative estimate of drug-likeness (QED) is 0.800. The molecule has 0 amide bonds. The molecule has 1 atom stereocenters. The van der Waals surface area contributed by atoms with Crippen molar-refractivity contribution in [2.24, 2.45) is 0 Å². The predicted octanol–water partition coefficient (Wildman–Crippen LogP) is 2.00. The van der Waals surface area contributed by atoms with Crippen LogP contribution in [0, 0.1) is 0 Å². The lowest BCUT2D eigenvalue weighted by atomic mass is 10.2. The summed E-state index contributed by atoms with van der Waals surface area (Å²) < 4.78 is 1.89. The molecule has 1 aliphatic heterocycles. The number of aromatic hydroxyl groups is 1. The Morgan fingerprint density at radius 2 is 2.40 bits per heavy atom. The Labute approximate surface area is 91.3 Å². The molecule has 3 rings (SSSR count). The van der Waals surface area contributed by atoms with Gasteiger partial charge in [0.05, 0.1) is 5.25 Å². The molecule has 1 saturated heterocycles. The van der Waals surface area contributed by atoms with E-state index in [0.29, 0.717) is 10.9 Å². The molecule has 0 saturated carbocycles. The second-order valence-corrected chi connectivity index (χ2v) is 4.96. The molecule has 15 heavy (non-hydrogen) atoms. The summed E-state index contributed by atoms with van der Waals surface area (Å²) in [4.78, 5) is 0. The number of rotatable bonds is 1. The van der Waals surface area contributed by atoms with E-state index in [1.807, 2.05) is 28.4 Å². The van der Waals surface area contributed by atoms with Crippen LogP contribution in [0.2, 0.25) is 0 Å². The minimum absolute atomic E-state index is 0.194. The Bertz CT molecular complexity index is 490. The molecule has 0 aliphatic carbocycles. The highest BCUT2D eigenvalue weighted by atomic mass is 32.2. The number of thioether (sulfide) groups is 1. The van der Waals surface area contributed by atoms with Crippen molar-refractivity contribution in [1.29, 1.82) is 0 Å². The van der Waals surface area contributed by atoms with Gasteiger partial charge in [0.1, 0.15) is 0 Å². The second kappa shape index (κ2) is 3.41. The summed E-state index contributed by atoms with van der Waals surface area (Å²) in [6, 6.07) is 3.45. The van der Waals surface area contributed by atoms with Crippen LogP contribution in [0.5, 0.6) is 5.75 Å². The summed E-state index contributed by atoms with van der Waals surface area (Å²) in [6.07, 6.45) is 4.30. The van der Waals surface area contributed by atoms with Gasteiger partial charge in [0, 0.05) is 6.20 Å². The largest absolute Gasteiger partial charge is 0.504 e. The van der Waals surface area contributed by atoms with Crippen molar-refractivity contribution in [3.8, 4) is 5.75 Å². The van der Waals surface area contributed by atoms with Crippen molar-refractivity contribution >= 4 is 17.4 Å². The molecule has 3 heterocycles. The van der Waals surface area contributed by atoms with E-state index in [0.717, 1.165) is 12.2 Å². The third-order valence-electron chi connectivity index (χ3n) is 2.66. The normalized spacial score (nSPS) is 21.2. The molecule has 5 heteroatoms. The molecular formula is C10H11N3OS. The lowest BCUT2D eigenvalue weighted by Gasteiger charge is -2.05. The number of hydrogen-bond acceptors (Lipinski definition) is 4. The van der Waals surface area contributed by atoms with Crippen LogP contribution < -0.4 is 0 Å². The smallest absolute Gasteiger partial charge is 0.203 e. The molecule has 0 radical (unpaired) electrons. The fourth-order valence-corrected chi connectivity index (χ4v) is 3.18. The van der Waals surface area contributed by atoms with E-state index < -0.39 is 0 Å². The van der Waals surface area contributed by atoms with Crippen molar-refractivity contribution < 1.29 is 5.11 Å². The number of fused-ring (bicyclic) bond motifs is 1. The van der Waals surface area contributed by atoms with Crippen LogP contribution in [0.1, 0.15) is 23.9 Å². The first-order valence-corrected chi connectivity index (χ1v) is 6.05. The topological polar surface area (TPSA) is 50.4 Å². The van der Waals surface area contributed by atoms with Gasteiger partial charge in [-0.15, -0.1) is 10.2 Å². The van der Waals surface area contributed by atoms with Gasteiger partial charge in [-0.25, -0.2) is 0 Å². The number of aromatic nitrogens is 3. The third kappa shape index (κ3) is 1.38. The number of pyridine rings is 1. The van der Waals surface area contributed by atoms with Crippen molar-refractivity contribution in [3.63, 3.8) is 0 Å². The van der Waals surface area contributed by atoms with Gasteiger partial charge in [-0.1, -0.05) is 0 Å². The Hall–Kier alpha value is -1.23. The maximum absolute atomic E-state index is 9.60. The summed E-state index contributed by atoms with van der Waals surface area (Å²) in [5.41, 5.74) is 0.556. The molecule has 1 fully saturated rings. The minimum atomic E-state index is 0.194. The van der Waals surface area contributed by atoms with Gasteiger partial charge >= 0.3 is 0 Å². The van der Waals surface area contributed by atoms with Gasteiger partial charge in [0.2, 0.25) is 5.65 Å². The summed E-state index contributed by atoms with van der Waals surface area (Å²) >= 11 is 1.92. The molecule has 78 valence electrons. The van der Waals surface area contributed by atoms with Crippen molar-refractivity contribution in [1.82, 2.24) is 14.6 Å². The van der Waals surface area contributed by atoms with Crippen molar-refractivity contribution in [2.75, 3.05) is 5.75 Å². The average Bonchev–Trinajstić information content (AvgIpc) is 2.85. The molecule has 2 aromatic heterocycles. The zero-order valence-corrected chi connectivity index (χ0v) is 8.94. The summed E-state index contributed by atoms with van der Waals surface area (Å²) in [5.74, 6) is 2.35. The fourth-order valence-electron chi connectivity index (χ4n) is 1.92. The van der Waals surface area contributed by atoms with E-state index in [9.17, 15) is 5.11 Å². The molecule has 1 unspecified atom stereocenters. The van der Waals surface area contributed by atoms with E-state index in [2.05, 4.69) is 10.2 Å². The van der Waals surface area contributed by atoms with Gasteiger partial charge in [0.15, 0.2) is 11.6 Å².